The highest BCUT2D eigenvalue weighted by molar-refractivity contribution is 5.83. The van der Waals surface area contributed by atoms with Crippen molar-refractivity contribution >= 4 is 11.8 Å². The van der Waals surface area contributed by atoms with Gasteiger partial charge in [-0.15, -0.1) is 10.2 Å². The van der Waals surface area contributed by atoms with Crippen LogP contribution in [0.3, 0.4) is 0 Å². The van der Waals surface area contributed by atoms with E-state index in [0.29, 0.717) is 23.0 Å². The van der Waals surface area contributed by atoms with Gasteiger partial charge in [0.25, 0.3) is 0 Å². The average molecular weight is 261 g/mol. The summed E-state index contributed by atoms with van der Waals surface area (Å²) in [5.74, 6) is 0.915. The van der Waals surface area contributed by atoms with Gasteiger partial charge in [0.15, 0.2) is 0 Å². The van der Waals surface area contributed by atoms with E-state index in [1.807, 2.05) is 20.8 Å². The van der Waals surface area contributed by atoms with Crippen LogP contribution >= 0.6 is 0 Å². The van der Waals surface area contributed by atoms with Gasteiger partial charge in [0.05, 0.1) is 0 Å². The molecule has 0 atom stereocenters. The molecule has 100 valence electrons. The van der Waals surface area contributed by atoms with Crippen molar-refractivity contribution in [3.63, 3.8) is 0 Å². The van der Waals surface area contributed by atoms with Crippen LogP contribution in [0.5, 0.6) is 0 Å². The van der Waals surface area contributed by atoms with Gasteiger partial charge in [-0.2, -0.15) is 0 Å². The molecule has 2 aromatic rings. The third-order valence-corrected chi connectivity index (χ3v) is 2.43. The first kappa shape index (κ1) is 13.1. The lowest BCUT2D eigenvalue weighted by molar-refractivity contribution is 0.210. The van der Waals surface area contributed by atoms with E-state index in [-0.39, 0.29) is 5.41 Å². The Bertz CT molecular complexity index is 599. The summed E-state index contributed by atoms with van der Waals surface area (Å²) >= 11 is 0. The molecule has 0 aliphatic carbocycles. The van der Waals surface area contributed by atoms with Crippen molar-refractivity contribution in [2.75, 3.05) is 5.32 Å². The molecule has 1 heterocycles. The lowest BCUT2D eigenvalue weighted by Gasteiger charge is -2.11. The molecule has 0 saturated heterocycles. The van der Waals surface area contributed by atoms with Gasteiger partial charge in [-0.25, -0.2) is 4.79 Å². The third-order valence-electron chi connectivity index (χ3n) is 2.43. The number of hydrogen-bond acceptors (Lipinski definition) is 4. The number of rotatable bonds is 2. The van der Waals surface area contributed by atoms with Crippen LogP contribution in [0.15, 0.2) is 28.7 Å². The second-order valence-corrected chi connectivity index (χ2v) is 5.17. The van der Waals surface area contributed by atoms with Crippen molar-refractivity contribution in [1.82, 2.24) is 10.2 Å². The first-order chi connectivity index (χ1) is 8.86. The van der Waals surface area contributed by atoms with E-state index in [2.05, 4.69) is 15.5 Å². The fraction of sp³-hybridized carbons (Fsp3) is 0.308. The summed E-state index contributed by atoms with van der Waals surface area (Å²) in [5.41, 5.74) is 0.914. The minimum atomic E-state index is -1.11. The normalized spacial score (nSPS) is 11.3. The van der Waals surface area contributed by atoms with Crippen LogP contribution in [0.25, 0.3) is 11.5 Å². The molecule has 1 aromatic carbocycles. The molecule has 1 amide bonds. The minimum absolute atomic E-state index is 0.220. The lowest BCUT2D eigenvalue weighted by Crippen LogP contribution is -2.11. The first-order valence-corrected chi connectivity index (χ1v) is 5.80. The monoisotopic (exact) mass is 261 g/mol. The summed E-state index contributed by atoms with van der Waals surface area (Å²) in [6, 6.07) is 6.81. The number of nitrogens with one attached hydrogen (secondary N) is 1. The molecule has 0 aliphatic rings. The van der Waals surface area contributed by atoms with E-state index in [0.717, 1.165) is 0 Å². The highest BCUT2D eigenvalue weighted by atomic mass is 16.4. The number of anilines is 1. The smallest absolute Gasteiger partial charge is 0.409 e. The average Bonchev–Trinajstić information content (AvgIpc) is 2.77. The highest BCUT2D eigenvalue weighted by Gasteiger charge is 2.21. The lowest BCUT2D eigenvalue weighted by atomic mass is 9.97. The highest BCUT2D eigenvalue weighted by Crippen LogP contribution is 2.26. The van der Waals surface area contributed by atoms with Crippen molar-refractivity contribution in [3.05, 3.63) is 30.2 Å². The number of benzene rings is 1. The summed E-state index contributed by atoms with van der Waals surface area (Å²) in [4.78, 5) is 10.6. The molecule has 2 rings (SSSR count). The van der Waals surface area contributed by atoms with E-state index < -0.39 is 6.09 Å². The first-order valence-electron chi connectivity index (χ1n) is 5.80. The molecule has 0 fully saturated rings. The number of aromatic nitrogens is 2. The van der Waals surface area contributed by atoms with Crippen LogP contribution in [-0.2, 0) is 5.41 Å². The molecule has 0 bridgehead atoms. The van der Waals surface area contributed by atoms with Gasteiger partial charge in [-0.05, 0) is 18.2 Å². The van der Waals surface area contributed by atoms with Gasteiger partial charge in [0, 0.05) is 16.7 Å². The Morgan fingerprint density at radius 1 is 1.32 bits per heavy atom. The molecule has 0 unspecified atom stereocenters. The Morgan fingerprint density at radius 2 is 2.05 bits per heavy atom. The molecular formula is C13H15N3O3. The second-order valence-electron chi connectivity index (χ2n) is 5.17. The summed E-state index contributed by atoms with van der Waals surface area (Å²) in [6.45, 7) is 5.94. The number of carbonyl (C=O) groups is 1. The summed E-state index contributed by atoms with van der Waals surface area (Å²) in [5, 5.41) is 18.9. The number of nitrogens with zero attached hydrogens (tertiary/aromatic N) is 2. The Hall–Kier alpha value is -2.37. The van der Waals surface area contributed by atoms with Gasteiger partial charge in [-0.1, -0.05) is 26.8 Å². The van der Waals surface area contributed by atoms with Crippen LogP contribution in [-0.4, -0.2) is 21.4 Å². The van der Waals surface area contributed by atoms with Crippen LogP contribution in [0.1, 0.15) is 26.7 Å². The van der Waals surface area contributed by atoms with Crippen LogP contribution in [0.4, 0.5) is 10.5 Å². The topological polar surface area (TPSA) is 88.2 Å². The van der Waals surface area contributed by atoms with E-state index in [9.17, 15) is 4.79 Å². The fourth-order valence-electron chi connectivity index (χ4n) is 1.50. The summed E-state index contributed by atoms with van der Waals surface area (Å²) < 4.78 is 5.60. The molecular weight excluding hydrogens is 246 g/mol. The second kappa shape index (κ2) is 4.72. The predicted octanol–water partition coefficient (Wildman–Crippen LogP) is 3.12. The molecule has 0 aliphatic heterocycles. The zero-order valence-corrected chi connectivity index (χ0v) is 11.0. The Labute approximate surface area is 110 Å². The Kier molecular flexibility index (Phi) is 3.25. The van der Waals surface area contributed by atoms with Crippen molar-refractivity contribution in [2.45, 2.75) is 26.2 Å². The Balaban J connectivity index is 2.31. The molecule has 0 radical (unpaired) electrons. The van der Waals surface area contributed by atoms with Crippen LogP contribution in [0, 0.1) is 0 Å². The third kappa shape index (κ3) is 3.09. The molecule has 6 heteroatoms. The van der Waals surface area contributed by atoms with Gasteiger partial charge in [0.1, 0.15) is 0 Å². The van der Waals surface area contributed by atoms with E-state index in [4.69, 9.17) is 9.52 Å². The Morgan fingerprint density at radius 3 is 2.63 bits per heavy atom. The standard InChI is InChI=1S/C13H15N3O3/c1-13(2,3)11-16-15-10(19-11)8-5-4-6-9(7-8)14-12(17)18/h4-7,14H,1-3H3,(H,17,18). The molecule has 1 aromatic heterocycles. The van der Waals surface area contributed by atoms with Gasteiger partial charge >= 0.3 is 6.09 Å². The van der Waals surface area contributed by atoms with E-state index in [1.165, 1.54) is 0 Å². The van der Waals surface area contributed by atoms with Crippen LogP contribution < -0.4 is 5.32 Å². The van der Waals surface area contributed by atoms with E-state index >= 15 is 0 Å². The van der Waals surface area contributed by atoms with E-state index in [1.54, 1.807) is 24.3 Å². The van der Waals surface area contributed by atoms with Crippen molar-refractivity contribution in [3.8, 4) is 11.5 Å². The number of hydrogen-bond donors (Lipinski definition) is 2. The fourth-order valence-corrected chi connectivity index (χ4v) is 1.50. The maximum atomic E-state index is 10.6. The minimum Gasteiger partial charge on any atom is -0.465 e. The maximum Gasteiger partial charge on any atom is 0.409 e. The summed E-state index contributed by atoms with van der Waals surface area (Å²) in [6.07, 6.45) is -1.11. The zero-order valence-electron chi connectivity index (χ0n) is 11.0. The largest absolute Gasteiger partial charge is 0.465 e. The molecule has 0 saturated carbocycles. The van der Waals surface area contributed by atoms with Crippen molar-refractivity contribution in [2.24, 2.45) is 0 Å². The molecule has 2 N–H and O–H groups in total. The van der Waals surface area contributed by atoms with Gasteiger partial charge in [0.2, 0.25) is 11.8 Å². The molecule has 6 nitrogen and oxygen atoms in total. The van der Waals surface area contributed by atoms with Crippen molar-refractivity contribution in [1.29, 1.82) is 0 Å². The van der Waals surface area contributed by atoms with Crippen molar-refractivity contribution < 1.29 is 14.3 Å². The SMILES string of the molecule is CC(C)(C)c1nnc(-c2cccc(NC(=O)O)c2)o1. The number of carboxylic acid groups (broad SMARTS) is 1. The number of amides is 1. The molecule has 19 heavy (non-hydrogen) atoms. The molecule has 0 spiro atoms. The van der Waals surface area contributed by atoms with Gasteiger partial charge < -0.3 is 9.52 Å². The maximum absolute atomic E-state index is 10.6. The zero-order chi connectivity index (χ0) is 14.0. The quantitative estimate of drug-likeness (QED) is 0.867. The van der Waals surface area contributed by atoms with Gasteiger partial charge in [-0.3, -0.25) is 5.32 Å². The summed E-state index contributed by atoms with van der Waals surface area (Å²) in [7, 11) is 0. The van der Waals surface area contributed by atoms with Crippen LogP contribution in [0.2, 0.25) is 0 Å². The predicted molar refractivity (Wildman–Crippen MR) is 70.1 cm³/mol.